The van der Waals surface area contributed by atoms with Crippen LogP contribution in [0.4, 0.5) is 4.79 Å². The van der Waals surface area contributed by atoms with Crippen molar-refractivity contribution in [2.45, 2.75) is 13.0 Å². The average molecular weight is 423 g/mol. The molecule has 5 rings (SSSR count). The molecule has 9 heteroatoms. The number of pyridine rings is 1. The molecule has 0 unspecified atom stereocenters. The maximum atomic E-state index is 12.6. The van der Waals surface area contributed by atoms with Gasteiger partial charge in [-0.2, -0.15) is 0 Å². The van der Waals surface area contributed by atoms with Gasteiger partial charge in [-0.1, -0.05) is 0 Å². The van der Waals surface area contributed by atoms with Crippen molar-refractivity contribution in [3.05, 3.63) is 53.2 Å². The van der Waals surface area contributed by atoms with Gasteiger partial charge in [0.05, 0.1) is 26.7 Å². The van der Waals surface area contributed by atoms with Crippen molar-refractivity contribution in [3.63, 3.8) is 0 Å². The zero-order valence-corrected chi connectivity index (χ0v) is 16.7. The number of nitrogens with zero attached hydrogens (tertiary/aromatic N) is 3. The normalized spacial score (nSPS) is 14.3. The van der Waals surface area contributed by atoms with Gasteiger partial charge in [-0.05, 0) is 37.3 Å². The molecule has 4 aromatic rings. The molecule has 4 heterocycles. The number of likely N-dealkylation sites (tertiary alicyclic amines) is 1. The molecule has 1 aliphatic heterocycles. The van der Waals surface area contributed by atoms with E-state index in [0.29, 0.717) is 46.2 Å². The number of amides is 1. The third kappa shape index (κ3) is 2.99. The molecule has 1 aliphatic rings. The number of benzene rings is 1. The maximum absolute atomic E-state index is 12.6. The van der Waals surface area contributed by atoms with Gasteiger partial charge in [-0.3, -0.25) is 14.3 Å². The number of thiophene rings is 1. The second-order valence-electron chi connectivity index (χ2n) is 7.22. The molecule has 0 aliphatic carbocycles. The molecule has 2 N–H and O–H groups in total. The van der Waals surface area contributed by atoms with Gasteiger partial charge in [0.1, 0.15) is 11.5 Å². The zero-order valence-electron chi connectivity index (χ0n) is 15.9. The number of rotatable bonds is 3. The Kier molecular flexibility index (Phi) is 4.23. The second-order valence-corrected chi connectivity index (χ2v) is 8.28. The van der Waals surface area contributed by atoms with Crippen molar-refractivity contribution >= 4 is 44.5 Å². The molecule has 0 saturated carbocycles. The summed E-state index contributed by atoms with van der Waals surface area (Å²) >= 11 is 1.30. The average Bonchev–Trinajstić information content (AvgIpc) is 3.25. The number of carbonyl (C=O) groups excluding carboxylic acids is 1. The summed E-state index contributed by atoms with van der Waals surface area (Å²) in [6.45, 7) is 2.43. The topological polar surface area (TPSA) is 105 Å². The minimum absolute atomic E-state index is 0.124. The molecule has 1 saturated heterocycles. The number of ether oxygens (including phenoxy) is 1. The first-order valence-electron chi connectivity index (χ1n) is 9.30. The van der Waals surface area contributed by atoms with Crippen LogP contribution in [-0.2, 0) is 0 Å². The van der Waals surface area contributed by atoms with Gasteiger partial charge in [-0.15, -0.1) is 11.3 Å². The van der Waals surface area contributed by atoms with Crippen LogP contribution in [0, 0.1) is 6.92 Å². The fourth-order valence-corrected chi connectivity index (χ4v) is 4.69. The lowest BCUT2D eigenvalue weighted by Gasteiger charge is -2.35. The van der Waals surface area contributed by atoms with Crippen LogP contribution in [0.3, 0.4) is 0 Å². The van der Waals surface area contributed by atoms with Crippen molar-refractivity contribution < 1.29 is 24.5 Å². The first-order chi connectivity index (χ1) is 14.4. The van der Waals surface area contributed by atoms with Crippen molar-refractivity contribution in [2.75, 3.05) is 13.1 Å². The van der Waals surface area contributed by atoms with Crippen LogP contribution in [0.5, 0.6) is 11.5 Å². The molecule has 152 valence electrons. The van der Waals surface area contributed by atoms with Crippen LogP contribution < -0.4 is 4.74 Å². The number of aromatic nitrogens is 2. The van der Waals surface area contributed by atoms with Gasteiger partial charge in [0, 0.05) is 36.4 Å². The molecule has 0 atom stereocenters. The largest absolute Gasteiger partial charge is 0.464 e. The van der Waals surface area contributed by atoms with Gasteiger partial charge < -0.3 is 19.8 Å². The smallest absolute Gasteiger partial charge is 0.416 e. The fourth-order valence-electron chi connectivity index (χ4n) is 3.65. The summed E-state index contributed by atoms with van der Waals surface area (Å²) in [6.07, 6.45) is 0.141. The molecular formula is C21H17N3O5S. The summed E-state index contributed by atoms with van der Waals surface area (Å²) < 4.78 is 8.05. The first kappa shape index (κ1) is 18.6. The van der Waals surface area contributed by atoms with Crippen LogP contribution in [0.2, 0.25) is 0 Å². The number of aryl methyl sites for hydroxylation is 1. The summed E-state index contributed by atoms with van der Waals surface area (Å²) in [5, 5.41) is 19.6. The van der Waals surface area contributed by atoms with Crippen molar-refractivity contribution in [1.82, 2.24) is 14.5 Å². The Morgan fingerprint density at radius 2 is 2.00 bits per heavy atom. The molecule has 3 aromatic heterocycles. The highest BCUT2D eigenvalue weighted by Gasteiger charge is 2.30. The number of carboxylic acid groups (broad SMARTS) is 1. The van der Waals surface area contributed by atoms with E-state index in [1.165, 1.54) is 15.9 Å². The van der Waals surface area contributed by atoms with E-state index in [1.54, 1.807) is 54.4 Å². The SMILES string of the molecule is Cc1cc2cc(Oc3ccnc4cc(C(=O)N5CC(O)C5)sc34)ccc2n1C(=O)O. The lowest BCUT2D eigenvalue weighted by Crippen LogP contribution is -2.53. The second kappa shape index (κ2) is 6.82. The molecular weight excluding hydrogens is 406 g/mol. The minimum atomic E-state index is -1.03. The minimum Gasteiger partial charge on any atom is -0.464 e. The summed E-state index contributed by atoms with van der Waals surface area (Å²) in [4.78, 5) is 30.5. The summed E-state index contributed by atoms with van der Waals surface area (Å²) in [6, 6.07) is 10.5. The molecule has 0 spiro atoms. The number of aliphatic hydroxyl groups excluding tert-OH is 1. The highest BCUT2D eigenvalue weighted by atomic mass is 32.1. The Bertz CT molecular complexity index is 1320. The van der Waals surface area contributed by atoms with E-state index in [4.69, 9.17) is 4.74 Å². The third-order valence-corrected chi connectivity index (χ3v) is 6.24. The quantitative estimate of drug-likeness (QED) is 0.521. The van der Waals surface area contributed by atoms with E-state index in [-0.39, 0.29) is 5.91 Å². The van der Waals surface area contributed by atoms with Crippen LogP contribution in [0.25, 0.3) is 21.1 Å². The molecule has 0 bridgehead atoms. The van der Waals surface area contributed by atoms with Crippen molar-refractivity contribution in [1.29, 1.82) is 0 Å². The molecule has 1 amide bonds. The number of fused-ring (bicyclic) bond motifs is 2. The molecule has 8 nitrogen and oxygen atoms in total. The zero-order chi connectivity index (χ0) is 21.0. The van der Waals surface area contributed by atoms with E-state index in [9.17, 15) is 19.8 Å². The van der Waals surface area contributed by atoms with Crippen LogP contribution in [-0.4, -0.2) is 55.9 Å². The van der Waals surface area contributed by atoms with Crippen LogP contribution >= 0.6 is 11.3 Å². The highest BCUT2D eigenvalue weighted by molar-refractivity contribution is 7.21. The van der Waals surface area contributed by atoms with E-state index in [2.05, 4.69) is 4.98 Å². The number of hydrogen-bond acceptors (Lipinski definition) is 6. The first-order valence-corrected chi connectivity index (χ1v) is 10.1. The van der Waals surface area contributed by atoms with E-state index in [1.807, 2.05) is 0 Å². The number of hydrogen-bond donors (Lipinski definition) is 2. The summed E-state index contributed by atoms with van der Waals surface area (Å²) in [7, 11) is 0. The van der Waals surface area contributed by atoms with Crippen molar-refractivity contribution in [2.24, 2.45) is 0 Å². The van der Waals surface area contributed by atoms with Crippen LogP contribution in [0.15, 0.2) is 42.6 Å². The van der Waals surface area contributed by atoms with Gasteiger partial charge in [-0.25, -0.2) is 4.79 Å². The lowest BCUT2D eigenvalue weighted by atomic mass is 10.1. The van der Waals surface area contributed by atoms with Crippen molar-refractivity contribution in [3.8, 4) is 11.5 Å². The Balaban J connectivity index is 1.48. The fraction of sp³-hybridized carbons (Fsp3) is 0.190. The third-order valence-electron chi connectivity index (χ3n) is 5.11. The number of β-amino-alcohol motifs (C(OH)–C–C–N with tert-alkyl or cyclic N) is 1. The Hall–Kier alpha value is -3.43. The molecule has 0 radical (unpaired) electrons. The predicted molar refractivity (Wildman–Crippen MR) is 112 cm³/mol. The Morgan fingerprint density at radius 3 is 2.73 bits per heavy atom. The maximum Gasteiger partial charge on any atom is 0.416 e. The summed E-state index contributed by atoms with van der Waals surface area (Å²) in [5.74, 6) is 1.01. The van der Waals surface area contributed by atoms with Gasteiger partial charge >= 0.3 is 6.09 Å². The van der Waals surface area contributed by atoms with Gasteiger partial charge in [0.15, 0.2) is 0 Å². The molecule has 1 aromatic carbocycles. The monoisotopic (exact) mass is 423 g/mol. The highest BCUT2D eigenvalue weighted by Crippen LogP contribution is 2.36. The predicted octanol–water partition coefficient (Wildman–Crippen LogP) is 3.69. The van der Waals surface area contributed by atoms with Crippen LogP contribution in [0.1, 0.15) is 15.4 Å². The Labute approximate surface area is 174 Å². The standard InChI is InChI=1S/C21H17N3O5S/c1-11-6-12-7-14(2-3-16(12)24(11)21(27)28)29-17-4-5-22-15-8-18(30-19(15)17)20(26)23-9-13(25)10-23/h2-8,13,25H,9-10H2,1H3,(H,27,28). The molecule has 1 fully saturated rings. The van der Waals surface area contributed by atoms with E-state index < -0.39 is 12.2 Å². The lowest BCUT2D eigenvalue weighted by molar-refractivity contribution is 0.00623. The Morgan fingerprint density at radius 1 is 1.20 bits per heavy atom. The van der Waals surface area contributed by atoms with E-state index in [0.717, 1.165) is 10.1 Å². The van der Waals surface area contributed by atoms with Gasteiger partial charge in [0.2, 0.25) is 0 Å². The van der Waals surface area contributed by atoms with E-state index >= 15 is 0 Å². The number of aliphatic hydroxyl groups is 1. The summed E-state index contributed by atoms with van der Waals surface area (Å²) in [5.41, 5.74) is 1.88. The number of carbonyl (C=O) groups is 2. The molecule has 30 heavy (non-hydrogen) atoms. The van der Waals surface area contributed by atoms with Gasteiger partial charge in [0.25, 0.3) is 5.91 Å².